The van der Waals surface area contributed by atoms with Crippen molar-refractivity contribution in [2.45, 2.75) is 32.3 Å². The topological polar surface area (TPSA) is 154 Å². The van der Waals surface area contributed by atoms with Gasteiger partial charge in [-0.1, -0.05) is 25.0 Å². The Bertz CT molecular complexity index is 1130. The number of aliphatic carboxylic acids is 1. The van der Waals surface area contributed by atoms with Crippen LogP contribution in [-0.4, -0.2) is 59.1 Å². The van der Waals surface area contributed by atoms with Crippen molar-refractivity contribution in [2.75, 3.05) is 12.4 Å². The Kier molecular flexibility index (Phi) is 6.81. The van der Waals surface area contributed by atoms with Gasteiger partial charge in [0.2, 0.25) is 5.82 Å². The molecule has 0 unspecified atom stereocenters. The second kappa shape index (κ2) is 9.53. The number of aliphatic hydroxyl groups is 3. The summed E-state index contributed by atoms with van der Waals surface area (Å²) in [5.74, 6) is 3.94. The van der Waals surface area contributed by atoms with Gasteiger partial charge >= 0.3 is 5.97 Å². The summed E-state index contributed by atoms with van der Waals surface area (Å²) < 4.78 is 1.20. The van der Waals surface area contributed by atoms with Crippen molar-refractivity contribution in [1.82, 2.24) is 19.5 Å². The van der Waals surface area contributed by atoms with E-state index in [1.165, 1.54) is 10.9 Å². The van der Waals surface area contributed by atoms with Gasteiger partial charge in [-0.15, -0.1) is 0 Å². The summed E-state index contributed by atoms with van der Waals surface area (Å²) in [6.07, 6.45) is -1.72. The predicted molar refractivity (Wildman–Crippen MR) is 112 cm³/mol. The first-order valence-electron chi connectivity index (χ1n) is 9.62. The molecule has 5 N–H and O–H groups in total. The van der Waals surface area contributed by atoms with Gasteiger partial charge in [0.25, 0.3) is 0 Å². The van der Waals surface area contributed by atoms with E-state index in [2.05, 4.69) is 32.1 Å². The number of carboxylic acid groups (broad SMARTS) is 1. The smallest absolute Gasteiger partial charge is 0.309 e. The van der Waals surface area contributed by atoms with E-state index in [0.717, 1.165) is 5.56 Å². The third-order valence-electron chi connectivity index (χ3n) is 4.87. The molecule has 0 radical (unpaired) electrons. The van der Waals surface area contributed by atoms with E-state index in [9.17, 15) is 20.1 Å². The van der Waals surface area contributed by atoms with Crippen LogP contribution >= 0.6 is 0 Å². The van der Waals surface area contributed by atoms with Crippen LogP contribution in [0.4, 0.5) is 5.82 Å². The van der Waals surface area contributed by atoms with E-state index in [1.807, 2.05) is 0 Å². The SMILES string of the molecule is CC[C@H](C(=O)O)[C@@H](O)[C@@H](O)n1cnc2c(NC)nc(C#Cc3ccc(CO)cc3)nc21. The van der Waals surface area contributed by atoms with Crippen LogP contribution in [0.1, 0.15) is 36.5 Å². The van der Waals surface area contributed by atoms with Crippen LogP contribution < -0.4 is 5.32 Å². The van der Waals surface area contributed by atoms with Crippen LogP contribution in [0, 0.1) is 17.8 Å². The van der Waals surface area contributed by atoms with Gasteiger partial charge in [0.15, 0.2) is 23.2 Å². The Labute approximate surface area is 178 Å². The fraction of sp³-hybridized carbons (Fsp3) is 0.333. The molecule has 162 valence electrons. The summed E-state index contributed by atoms with van der Waals surface area (Å²) in [5, 5.41) is 42.3. The lowest BCUT2D eigenvalue weighted by atomic mass is 9.98. The van der Waals surface area contributed by atoms with Crippen molar-refractivity contribution >= 4 is 23.0 Å². The lowest BCUT2D eigenvalue weighted by Gasteiger charge is -2.23. The number of fused-ring (bicyclic) bond motifs is 1. The number of aromatic nitrogens is 4. The summed E-state index contributed by atoms with van der Waals surface area (Å²) in [6.45, 7) is 1.56. The fourth-order valence-electron chi connectivity index (χ4n) is 3.10. The van der Waals surface area contributed by atoms with Crippen molar-refractivity contribution in [3.63, 3.8) is 0 Å². The molecule has 0 aliphatic heterocycles. The molecule has 10 heteroatoms. The number of benzene rings is 1. The number of imidazole rings is 1. The Hall–Kier alpha value is -3.52. The van der Waals surface area contributed by atoms with Gasteiger partial charge in [0.05, 0.1) is 18.9 Å². The molecule has 3 atom stereocenters. The largest absolute Gasteiger partial charge is 0.481 e. The summed E-state index contributed by atoms with van der Waals surface area (Å²) in [6, 6.07) is 7.04. The van der Waals surface area contributed by atoms with Gasteiger partial charge in [-0.05, 0) is 30.0 Å². The molecule has 0 saturated heterocycles. The first kappa shape index (κ1) is 22.2. The van der Waals surface area contributed by atoms with E-state index in [0.29, 0.717) is 16.9 Å². The van der Waals surface area contributed by atoms with Gasteiger partial charge < -0.3 is 25.7 Å². The van der Waals surface area contributed by atoms with E-state index in [4.69, 9.17) is 5.11 Å². The molecule has 10 nitrogen and oxygen atoms in total. The minimum Gasteiger partial charge on any atom is -0.481 e. The highest BCUT2D eigenvalue weighted by Crippen LogP contribution is 2.25. The average Bonchev–Trinajstić information content (AvgIpc) is 3.21. The highest BCUT2D eigenvalue weighted by atomic mass is 16.4. The highest BCUT2D eigenvalue weighted by molar-refractivity contribution is 5.83. The van der Waals surface area contributed by atoms with E-state index in [-0.39, 0.29) is 24.5 Å². The van der Waals surface area contributed by atoms with Gasteiger partial charge in [0.1, 0.15) is 6.10 Å². The van der Waals surface area contributed by atoms with Crippen molar-refractivity contribution in [3.8, 4) is 11.8 Å². The monoisotopic (exact) mass is 425 g/mol. The average molecular weight is 425 g/mol. The molecule has 3 aromatic rings. The van der Waals surface area contributed by atoms with E-state index >= 15 is 0 Å². The third kappa shape index (κ3) is 4.64. The molecule has 2 heterocycles. The molecule has 0 aliphatic carbocycles. The van der Waals surface area contributed by atoms with Gasteiger partial charge in [-0.25, -0.2) is 15.0 Å². The second-order valence-electron chi connectivity index (χ2n) is 6.83. The molecule has 0 aliphatic rings. The number of hydrogen-bond donors (Lipinski definition) is 5. The summed E-state index contributed by atoms with van der Waals surface area (Å²) in [4.78, 5) is 24.2. The molecule has 31 heavy (non-hydrogen) atoms. The van der Waals surface area contributed by atoms with Gasteiger partial charge in [-0.3, -0.25) is 9.36 Å². The molecule has 0 spiro atoms. The molecule has 3 rings (SSSR count). The van der Waals surface area contributed by atoms with E-state index in [1.54, 1.807) is 38.2 Å². The standard InChI is InChI=1S/C21H23N5O5/c1-3-14(21(30)31)17(28)20(29)26-11-23-16-18(22-2)24-15(25-19(16)26)9-8-12-4-6-13(10-27)7-5-12/h4-7,11,14,17,20,27-29H,3,10H2,1-2H3,(H,30,31)(H,22,24,25)/t14-,17+,20+/m0/s1. The highest BCUT2D eigenvalue weighted by Gasteiger charge is 2.32. The number of nitrogens with one attached hydrogen (secondary N) is 1. The third-order valence-corrected chi connectivity index (χ3v) is 4.87. The maximum Gasteiger partial charge on any atom is 0.309 e. The first-order valence-corrected chi connectivity index (χ1v) is 9.62. The molecular formula is C21H23N5O5. The maximum absolute atomic E-state index is 11.4. The Morgan fingerprint density at radius 3 is 2.48 bits per heavy atom. The zero-order valence-corrected chi connectivity index (χ0v) is 17.0. The Morgan fingerprint density at radius 1 is 1.19 bits per heavy atom. The second-order valence-corrected chi connectivity index (χ2v) is 6.83. The van der Waals surface area contributed by atoms with Crippen LogP contribution in [0.25, 0.3) is 11.2 Å². The molecular weight excluding hydrogens is 402 g/mol. The Balaban J connectivity index is 2.01. The van der Waals surface area contributed by atoms with Crippen LogP contribution in [0.2, 0.25) is 0 Å². The lowest BCUT2D eigenvalue weighted by molar-refractivity contribution is -0.152. The van der Waals surface area contributed by atoms with Gasteiger partial charge in [-0.2, -0.15) is 0 Å². The summed E-state index contributed by atoms with van der Waals surface area (Å²) in [5.41, 5.74) is 2.01. The molecule has 1 aromatic carbocycles. The quantitative estimate of drug-likeness (QED) is 0.345. The van der Waals surface area contributed by atoms with Crippen LogP contribution in [0.15, 0.2) is 30.6 Å². The van der Waals surface area contributed by atoms with Crippen LogP contribution in [0.3, 0.4) is 0 Å². The van der Waals surface area contributed by atoms with Crippen molar-refractivity contribution in [2.24, 2.45) is 5.92 Å². The summed E-state index contributed by atoms with van der Waals surface area (Å²) in [7, 11) is 1.65. The van der Waals surface area contributed by atoms with Crippen molar-refractivity contribution in [3.05, 3.63) is 47.5 Å². The molecule has 0 bridgehead atoms. The minimum absolute atomic E-state index is 0.0576. The minimum atomic E-state index is -1.57. The van der Waals surface area contributed by atoms with Crippen LogP contribution in [0.5, 0.6) is 0 Å². The number of anilines is 1. The first-order chi connectivity index (χ1) is 14.9. The van der Waals surface area contributed by atoms with E-state index < -0.39 is 24.2 Å². The Morgan fingerprint density at radius 2 is 1.90 bits per heavy atom. The molecule has 2 aromatic heterocycles. The number of carboxylic acids is 1. The predicted octanol–water partition coefficient (Wildman–Crippen LogP) is 0.723. The number of aliphatic hydroxyl groups excluding tert-OH is 3. The number of hydrogen-bond acceptors (Lipinski definition) is 8. The number of carbonyl (C=O) groups is 1. The zero-order valence-electron chi connectivity index (χ0n) is 17.0. The number of rotatable bonds is 7. The maximum atomic E-state index is 11.4. The molecule has 0 saturated carbocycles. The van der Waals surface area contributed by atoms with Crippen molar-refractivity contribution < 1.29 is 25.2 Å². The number of nitrogens with zero attached hydrogens (tertiary/aromatic N) is 4. The summed E-state index contributed by atoms with van der Waals surface area (Å²) >= 11 is 0. The molecule has 0 amide bonds. The molecule has 0 fully saturated rings. The lowest BCUT2D eigenvalue weighted by Crippen LogP contribution is -2.35. The van der Waals surface area contributed by atoms with Gasteiger partial charge in [0, 0.05) is 12.6 Å². The zero-order chi connectivity index (χ0) is 22.5. The normalized spacial score (nSPS) is 13.8. The fourth-order valence-corrected chi connectivity index (χ4v) is 3.10. The van der Waals surface area contributed by atoms with Crippen molar-refractivity contribution in [1.29, 1.82) is 0 Å². The van der Waals surface area contributed by atoms with Crippen LogP contribution in [-0.2, 0) is 11.4 Å².